The highest BCUT2D eigenvalue weighted by atomic mass is 16.1. The van der Waals surface area contributed by atoms with Crippen LogP contribution in [0.1, 0.15) is 27.2 Å². The summed E-state index contributed by atoms with van der Waals surface area (Å²) in [6.45, 7) is 5.67. The molecule has 0 aliphatic rings. The summed E-state index contributed by atoms with van der Waals surface area (Å²) < 4.78 is 0. The first kappa shape index (κ1) is 12.2. The fourth-order valence-electron chi connectivity index (χ4n) is 1.66. The lowest BCUT2D eigenvalue weighted by atomic mass is 10.1. The molecule has 5 heteroatoms. The molecule has 18 heavy (non-hydrogen) atoms. The third-order valence-corrected chi connectivity index (χ3v) is 3.05. The number of benzene rings is 1. The highest BCUT2D eigenvalue weighted by Gasteiger charge is 2.14. The molecule has 2 aromatic rings. The van der Waals surface area contributed by atoms with E-state index in [4.69, 9.17) is 5.73 Å². The Bertz CT molecular complexity index is 601. The Balaban J connectivity index is 2.28. The number of hydrogen-bond acceptors (Lipinski definition) is 3. The van der Waals surface area contributed by atoms with Crippen LogP contribution >= 0.6 is 0 Å². The van der Waals surface area contributed by atoms with Crippen LogP contribution in [0, 0.1) is 20.8 Å². The van der Waals surface area contributed by atoms with E-state index in [0.717, 1.165) is 16.8 Å². The third kappa shape index (κ3) is 2.07. The molecule has 0 saturated carbocycles. The van der Waals surface area contributed by atoms with Crippen LogP contribution < -0.4 is 11.1 Å². The minimum atomic E-state index is -0.245. The molecule has 0 radical (unpaired) electrons. The van der Waals surface area contributed by atoms with Crippen molar-refractivity contribution in [3.63, 3.8) is 0 Å². The maximum Gasteiger partial charge on any atom is 0.258 e. The number of carbonyl (C=O) groups is 1. The summed E-state index contributed by atoms with van der Waals surface area (Å²) in [4.78, 5) is 12.1. The molecule has 1 heterocycles. The molecule has 94 valence electrons. The van der Waals surface area contributed by atoms with Crippen molar-refractivity contribution in [3.8, 4) is 0 Å². The molecule has 1 aromatic heterocycles. The van der Waals surface area contributed by atoms with Crippen LogP contribution in [0.2, 0.25) is 0 Å². The number of H-pyrrole nitrogens is 1. The van der Waals surface area contributed by atoms with Gasteiger partial charge in [-0.1, -0.05) is 12.1 Å². The third-order valence-electron chi connectivity index (χ3n) is 3.05. The van der Waals surface area contributed by atoms with Crippen molar-refractivity contribution in [1.82, 2.24) is 10.2 Å². The molecular weight excluding hydrogens is 228 g/mol. The van der Waals surface area contributed by atoms with E-state index in [0.29, 0.717) is 17.1 Å². The Kier molecular flexibility index (Phi) is 3.06. The minimum Gasteiger partial charge on any atom is -0.398 e. The predicted molar refractivity (Wildman–Crippen MR) is 71.6 cm³/mol. The summed E-state index contributed by atoms with van der Waals surface area (Å²) >= 11 is 0. The lowest BCUT2D eigenvalue weighted by Gasteiger charge is -2.08. The monoisotopic (exact) mass is 244 g/mol. The van der Waals surface area contributed by atoms with E-state index in [1.165, 1.54) is 0 Å². The van der Waals surface area contributed by atoms with Gasteiger partial charge in [-0.15, -0.1) is 0 Å². The van der Waals surface area contributed by atoms with Gasteiger partial charge in [-0.05, 0) is 32.4 Å². The van der Waals surface area contributed by atoms with Crippen LogP contribution in [-0.4, -0.2) is 16.1 Å². The van der Waals surface area contributed by atoms with E-state index >= 15 is 0 Å². The van der Waals surface area contributed by atoms with Crippen molar-refractivity contribution in [1.29, 1.82) is 0 Å². The molecule has 1 amide bonds. The number of hydrogen-bond donors (Lipinski definition) is 3. The molecule has 0 aliphatic carbocycles. The zero-order valence-electron chi connectivity index (χ0n) is 10.7. The van der Waals surface area contributed by atoms with Crippen molar-refractivity contribution >= 4 is 17.4 Å². The standard InChI is InChI=1S/C13H16N4O/c1-7-5-4-6-10(11(7)14)13(18)15-12-8(2)9(3)16-17-12/h4-6H,14H2,1-3H3,(H2,15,16,17,18). The molecule has 0 saturated heterocycles. The highest BCUT2D eigenvalue weighted by molar-refractivity contribution is 6.07. The number of carbonyl (C=O) groups excluding carboxylic acids is 1. The van der Waals surface area contributed by atoms with Crippen molar-refractivity contribution in [2.24, 2.45) is 0 Å². The maximum atomic E-state index is 12.1. The van der Waals surface area contributed by atoms with E-state index in [1.807, 2.05) is 32.9 Å². The van der Waals surface area contributed by atoms with Gasteiger partial charge in [0.1, 0.15) is 0 Å². The number of nitrogen functional groups attached to an aromatic ring is 1. The van der Waals surface area contributed by atoms with Gasteiger partial charge in [0.25, 0.3) is 5.91 Å². The van der Waals surface area contributed by atoms with Crippen LogP contribution in [0.15, 0.2) is 18.2 Å². The summed E-state index contributed by atoms with van der Waals surface area (Å²) in [5.74, 6) is 0.296. The number of aromatic amines is 1. The summed E-state index contributed by atoms with van der Waals surface area (Å²) in [5, 5.41) is 9.61. The molecule has 0 bridgehead atoms. The number of aromatic nitrogens is 2. The highest BCUT2D eigenvalue weighted by Crippen LogP contribution is 2.19. The fourth-order valence-corrected chi connectivity index (χ4v) is 1.66. The van der Waals surface area contributed by atoms with Crippen molar-refractivity contribution < 1.29 is 4.79 Å². The van der Waals surface area contributed by atoms with E-state index in [-0.39, 0.29) is 5.91 Å². The first-order valence-corrected chi connectivity index (χ1v) is 5.68. The van der Waals surface area contributed by atoms with Gasteiger partial charge in [0.05, 0.1) is 5.56 Å². The Morgan fingerprint density at radius 2 is 2.06 bits per heavy atom. The molecule has 0 unspecified atom stereocenters. The SMILES string of the molecule is Cc1cccc(C(=O)Nc2n[nH]c(C)c2C)c1N. The van der Waals surface area contributed by atoms with Crippen molar-refractivity contribution in [2.45, 2.75) is 20.8 Å². The van der Waals surface area contributed by atoms with E-state index in [2.05, 4.69) is 15.5 Å². The van der Waals surface area contributed by atoms with Crippen LogP contribution in [0.25, 0.3) is 0 Å². The Labute approximate surface area is 105 Å². The second kappa shape index (κ2) is 4.52. The van der Waals surface area contributed by atoms with Crippen LogP contribution in [0.3, 0.4) is 0 Å². The van der Waals surface area contributed by atoms with Gasteiger partial charge >= 0.3 is 0 Å². The smallest absolute Gasteiger partial charge is 0.258 e. The largest absolute Gasteiger partial charge is 0.398 e. The van der Waals surface area contributed by atoms with Gasteiger partial charge in [0, 0.05) is 16.9 Å². The first-order chi connectivity index (χ1) is 8.50. The van der Waals surface area contributed by atoms with E-state index in [1.54, 1.807) is 6.07 Å². The minimum absolute atomic E-state index is 0.245. The average molecular weight is 244 g/mol. The Morgan fingerprint density at radius 3 is 2.67 bits per heavy atom. The van der Waals surface area contributed by atoms with Gasteiger partial charge in [-0.2, -0.15) is 5.10 Å². The maximum absolute atomic E-state index is 12.1. The summed E-state index contributed by atoms with van der Waals surface area (Å²) in [7, 11) is 0. The second-order valence-corrected chi connectivity index (χ2v) is 4.31. The molecule has 4 N–H and O–H groups in total. The molecule has 2 rings (SSSR count). The number of nitrogens with zero attached hydrogens (tertiary/aromatic N) is 1. The fraction of sp³-hybridized carbons (Fsp3) is 0.231. The molecule has 5 nitrogen and oxygen atoms in total. The molecule has 0 atom stereocenters. The topological polar surface area (TPSA) is 83.8 Å². The number of nitrogens with two attached hydrogens (primary N) is 1. The summed E-state index contributed by atoms with van der Waals surface area (Å²) in [5.41, 5.74) is 9.60. The zero-order chi connectivity index (χ0) is 13.3. The Morgan fingerprint density at radius 1 is 1.33 bits per heavy atom. The van der Waals surface area contributed by atoms with Crippen LogP contribution in [0.4, 0.5) is 11.5 Å². The molecule has 0 aliphatic heterocycles. The number of anilines is 2. The average Bonchev–Trinajstić information content (AvgIpc) is 2.64. The van der Waals surface area contributed by atoms with Crippen molar-refractivity contribution in [2.75, 3.05) is 11.1 Å². The molecule has 0 fully saturated rings. The molecule has 0 spiro atoms. The normalized spacial score (nSPS) is 10.4. The second-order valence-electron chi connectivity index (χ2n) is 4.31. The number of amides is 1. The van der Waals surface area contributed by atoms with Gasteiger partial charge in [0.2, 0.25) is 0 Å². The number of para-hydroxylation sites is 1. The van der Waals surface area contributed by atoms with Gasteiger partial charge < -0.3 is 11.1 Å². The zero-order valence-corrected chi connectivity index (χ0v) is 10.7. The number of aryl methyl sites for hydroxylation is 2. The first-order valence-electron chi connectivity index (χ1n) is 5.68. The predicted octanol–water partition coefficient (Wildman–Crippen LogP) is 2.17. The van der Waals surface area contributed by atoms with E-state index in [9.17, 15) is 4.79 Å². The summed E-state index contributed by atoms with van der Waals surface area (Å²) in [6.07, 6.45) is 0. The molecular formula is C13H16N4O. The van der Waals surface area contributed by atoms with Crippen LogP contribution in [0.5, 0.6) is 0 Å². The number of nitrogens with one attached hydrogen (secondary N) is 2. The summed E-state index contributed by atoms with van der Waals surface area (Å²) in [6, 6.07) is 5.38. The Hall–Kier alpha value is -2.30. The van der Waals surface area contributed by atoms with Gasteiger partial charge in [0.15, 0.2) is 5.82 Å². The van der Waals surface area contributed by atoms with Gasteiger partial charge in [-0.3, -0.25) is 9.89 Å². The van der Waals surface area contributed by atoms with Gasteiger partial charge in [-0.25, -0.2) is 0 Å². The quantitative estimate of drug-likeness (QED) is 0.708. The lowest BCUT2D eigenvalue weighted by Crippen LogP contribution is -2.15. The van der Waals surface area contributed by atoms with Crippen LogP contribution in [-0.2, 0) is 0 Å². The number of rotatable bonds is 2. The lowest BCUT2D eigenvalue weighted by molar-refractivity contribution is 0.102. The van der Waals surface area contributed by atoms with E-state index < -0.39 is 0 Å². The molecule has 1 aromatic carbocycles. The van der Waals surface area contributed by atoms with Crippen molar-refractivity contribution in [3.05, 3.63) is 40.6 Å².